The smallest absolute Gasteiger partial charge is 0.270 e. The number of pyridine rings is 2. The number of nitriles is 1. The quantitative estimate of drug-likeness (QED) is 0.598. The van der Waals surface area contributed by atoms with Crippen molar-refractivity contribution in [3.63, 3.8) is 0 Å². The van der Waals surface area contributed by atoms with Crippen molar-refractivity contribution in [3.05, 3.63) is 52.1 Å². The Bertz CT molecular complexity index is 1260. The molecule has 4 heterocycles. The molecule has 34 heavy (non-hydrogen) atoms. The van der Waals surface area contributed by atoms with Crippen LogP contribution in [-0.4, -0.2) is 62.0 Å². The number of hydrogen-bond donors (Lipinski definition) is 1. The second kappa shape index (κ2) is 9.87. The molecule has 0 radical (unpaired) electrons. The maximum Gasteiger partial charge on any atom is 0.270 e. The van der Waals surface area contributed by atoms with Gasteiger partial charge in [-0.1, -0.05) is 25.8 Å². The third-order valence-corrected chi connectivity index (χ3v) is 6.97. The van der Waals surface area contributed by atoms with Gasteiger partial charge in [0, 0.05) is 58.0 Å². The van der Waals surface area contributed by atoms with E-state index >= 15 is 0 Å². The van der Waals surface area contributed by atoms with Gasteiger partial charge in [-0.3, -0.25) is 14.3 Å². The fourth-order valence-electron chi connectivity index (χ4n) is 4.99. The van der Waals surface area contributed by atoms with E-state index in [1.54, 1.807) is 16.8 Å². The molecule has 0 atom stereocenters. The summed E-state index contributed by atoms with van der Waals surface area (Å²) in [5.74, 6) is 1.04. The Balaban J connectivity index is 0.00000289. The largest absolute Gasteiger partial charge is 0.309 e. The van der Waals surface area contributed by atoms with Gasteiger partial charge in [-0.2, -0.15) is 10.2 Å². The van der Waals surface area contributed by atoms with E-state index in [1.807, 2.05) is 18.3 Å². The van der Waals surface area contributed by atoms with Crippen molar-refractivity contribution >= 4 is 22.8 Å². The molecule has 178 valence electrons. The lowest BCUT2D eigenvalue weighted by Gasteiger charge is -2.33. The molecule has 5 rings (SSSR count). The van der Waals surface area contributed by atoms with Crippen molar-refractivity contribution < 1.29 is 1.43 Å². The van der Waals surface area contributed by atoms with Crippen molar-refractivity contribution in [2.75, 3.05) is 38.0 Å². The number of anilines is 2. The summed E-state index contributed by atoms with van der Waals surface area (Å²) in [6.45, 7) is 8.61. The number of aromatic nitrogens is 4. The topological polar surface area (TPSA) is 103 Å². The molecule has 3 aromatic heterocycles. The van der Waals surface area contributed by atoms with E-state index in [1.165, 1.54) is 5.56 Å². The van der Waals surface area contributed by atoms with Crippen LogP contribution in [0, 0.1) is 11.3 Å². The van der Waals surface area contributed by atoms with E-state index in [4.69, 9.17) is 0 Å². The van der Waals surface area contributed by atoms with Crippen molar-refractivity contribution in [2.45, 2.75) is 45.2 Å². The minimum Gasteiger partial charge on any atom is -0.309 e. The Hall–Kier alpha value is -3.35. The molecule has 2 aliphatic rings. The summed E-state index contributed by atoms with van der Waals surface area (Å²) in [6, 6.07) is 7.70. The zero-order valence-electron chi connectivity index (χ0n) is 19.6. The fraction of sp³-hybridized carbons (Fsp3) is 0.480. The monoisotopic (exact) mass is 460 g/mol. The van der Waals surface area contributed by atoms with E-state index in [-0.39, 0.29) is 18.6 Å². The Kier molecular flexibility index (Phi) is 6.52. The maximum absolute atomic E-state index is 12.9. The van der Waals surface area contributed by atoms with Gasteiger partial charge in [0.25, 0.3) is 5.56 Å². The van der Waals surface area contributed by atoms with Crippen molar-refractivity contribution in [1.82, 2.24) is 29.3 Å². The Morgan fingerprint density at radius 1 is 1.12 bits per heavy atom. The molecule has 0 amide bonds. The summed E-state index contributed by atoms with van der Waals surface area (Å²) in [4.78, 5) is 31.5. The highest BCUT2D eigenvalue weighted by Crippen LogP contribution is 2.30. The van der Waals surface area contributed by atoms with Crippen LogP contribution in [0.15, 0.2) is 35.4 Å². The second-order valence-corrected chi connectivity index (χ2v) is 9.14. The lowest BCUT2D eigenvalue weighted by molar-refractivity contribution is 0.132. The molecular formula is C25H32N8O. The predicted molar refractivity (Wildman–Crippen MR) is 133 cm³/mol. The minimum absolute atomic E-state index is 0. The van der Waals surface area contributed by atoms with Gasteiger partial charge in [0.15, 0.2) is 0 Å². The minimum atomic E-state index is -0.270. The molecule has 9 nitrogen and oxygen atoms in total. The van der Waals surface area contributed by atoms with Crippen LogP contribution in [0.2, 0.25) is 0 Å². The van der Waals surface area contributed by atoms with Gasteiger partial charge in [-0.15, -0.1) is 0 Å². The van der Waals surface area contributed by atoms with E-state index in [9.17, 15) is 10.1 Å². The first-order chi connectivity index (χ1) is 16.6. The van der Waals surface area contributed by atoms with Crippen LogP contribution in [0.25, 0.3) is 11.0 Å². The number of nitrogens with one attached hydrogen (secondary N) is 1. The van der Waals surface area contributed by atoms with E-state index < -0.39 is 0 Å². The summed E-state index contributed by atoms with van der Waals surface area (Å²) in [5, 5.41) is 13.3. The fourth-order valence-corrected chi connectivity index (χ4v) is 4.99. The highest BCUT2D eigenvalue weighted by molar-refractivity contribution is 5.77. The number of rotatable bonds is 6. The van der Waals surface area contributed by atoms with Gasteiger partial charge >= 0.3 is 0 Å². The van der Waals surface area contributed by atoms with Gasteiger partial charge in [-0.05, 0) is 37.1 Å². The third-order valence-electron chi connectivity index (χ3n) is 6.97. The van der Waals surface area contributed by atoms with Crippen molar-refractivity contribution in [2.24, 2.45) is 0 Å². The highest BCUT2D eigenvalue weighted by atomic mass is 16.1. The molecule has 0 unspecified atom stereocenters. The van der Waals surface area contributed by atoms with E-state index in [0.29, 0.717) is 22.8 Å². The summed E-state index contributed by atoms with van der Waals surface area (Å²) in [5.41, 5.74) is 1.61. The van der Waals surface area contributed by atoms with Crippen LogP contribution < -0.4 is 10.9 Å². The number of fused-ring (bicyclic) bond motifs is 1. The standard InChI is InChI=1S/C25H30N8O.H2/c1-2-31-9-11-32(12-10-31)17-18-7-8-22(27-15-18)29-25-28-16-20-13-19(14-26)24(34)33(23(20)30-25)21-5-3-4-6-21;/h7-8,13,15-16,21H,2-6,9-12,17H2,1H3,(H,27,28,29,30);1H. The third kappa shape index (κ3) is 4.65. The molecule has 1 aliphatic heterocycles. The SMILES string of the molecule is CCN1CCN(Cc2ccc(Nc3ncc4cc(C#N)c(=O)n(C5CCCC5)c4n3)nc2)CC1.[HH]. The molecule has 2 fully saturated rings. The average molecular weight is 461 g/mol. The van der Waals surface area contributed by atoms with Crippen molar-refractivity contribution in [3.8, 4) is 6.07 Å². The van der Waals surface area contributed by atoms with Gasteiger partial charge in [-0.25, -0.2) is 9.97 Å². The highest BCUT2D eigenvalue weighted by Gasteiger charge is 2.23. The maximum atomic E-state index is 12.9. The number of likely N-dealkylation sites (N-methyl/N-ethyl adjacent to an activating group) is 1. The molecule has 1 aliphatic carbocycles. The Morgan fingerprint density at radius 2 is 1.88 bits per heavy atom. The molecule has 1 N–H and O–H groups in total. The number of nitrogens with zero attached hydrogens (tertiary/aromatic N) is 7. The first-order valence-electron chi connectivity index (χ1n) is 12.1. The Morgan fingerprint density at radius 3 is 2.56 bits per heavy atom. The normalized spacial score (nSPS) is 17.8. The lowest BCUT2D eigenvalue weighted by Crippen LogP contribution is -2.45. The molecular weight excluding hydrogens is 428 g/mol. The first kappa shape index (κ1) is 22.4. The molecule has 1 saturated heterocycles. The molecule has 1 saturated carbocycles. The zero-order chi connectivity index (χ0) is 23.5. The van der Waals surface area contributed by atoms with Gasteiger partial charge in [0.1, 0.15) is 23.1 Å². The number of piperazine rings is 1. The molecule has 9 heteroatoms. The molecule has 0 aromatic carbocycles. The summed E-state index contributed by atoms with van der Waals surface area (Å²) in [6.07, 6.45) is 7.57. The van der Waals surface area contributed by atoms with Crippen LogP contribution in [-0.2, 0) is 6.54 Å². The van der Waals surface area contributed by atoms with Crippen LogP contribution in [0.3, 0.4) is 0 Å². The van der Waals surface area contributed by atoms with E-state index in [2.05, 4.69) is 43.1 Å². The summed E-state index contributed by atoms with van der Waals surface area (Å²) >= 11 is 0. The van der Waals surface area contributed by atoms with Crippen LogP contribution in [0.5, 0.6) is 0 Å². The second-order valence-electron chi connectivity index (χ2n) is 9.14. The summed E-state index contributed by atoms with van der Waals surface area (Å²) in [7, 11) is 0. The molecule has 3 aromatic rings. The van der Waals surface area contributed by atoms with Crippen molar-refractivity contribution in [1.29, 1.82) is 5.26 Å². The zero-order valence-corrected chi connectivity index (χ0v) is 19.6. The van der Waals surface area contributed by atoms with Crippen LogP contribution >= 0.6 is 0 Å². The molecule has 0 bridgehead atoms. The lowest BCUT2D eigenvalue weighted by atomic mass is 10.2. The van der Waals surface area contributed by atoms with Crippen LogP contribution in [0.1, 0.15) is 51.2 Å². The molecule has 0 spiro atoms. The first-order valence-corrected chi connectivity index (χ1v) is 12.1. The van der Waals surface area contributed by atoms with Gasteiger partial charge in [0.2, 0.25) is 5.95 Å². The number of hydrogen-bond acceptors (Lipinski definition) is 8. The van der Waals surface area contributed by atoms with E-state index in [0.717, 1.165) is 65.0 Å². The van der Waals surface area contributed by atoms with Gasteiger partial charge < -0.3 is 10.2 Å². The average Bonchev–Trinajstić information content (AvgIpc) is 3.40. The predicted octanol–water partition coefficient (Wildman–Crippen LogP) is 3.30. The summed E-state index contributed by atoms with van der Waals surface area (Å²) < 4.78 is 1.70. The van der Waals surface area contributed by atoms with Crippen LogP contribution in [0.4, 0.5) is 11.8 Å². The van der Waals surface area contributed by atoms with Gasteiger partial charge in [0.05, 0.1) is 0 Å². The Labute approximate surface area is 200 Å².